The lowest BCUT2D eigenvalue weighted by atomic mass is 9.98. The quantitative estimate of drug-likeness (QED) is 0.668. The van der Waals surface area contributed by atoms with Gasteiger partial charge in [-0.3, -0.25) is 9.59 Å². The van der Waals surface area contributed by atoms with Crippen LogP contribution in [0.5, 0.6) is 0 Å². The second kappa shape index (κ2) is 9.65. The summed E-state index contributed by atoms with van der Waals surface area (Å²) in [4.78, 5) is 38.4. The Morgan fingerprint density at radius 2 is 1.70 bits per heavy atom. The van der Waals surface area contributed by atoms with Crippen LogP contribution in [0, 0.1) is 11.8 Å². The second-order valence-corrected chi connectivity index (χ2v) is 8.85. The Morgan fingerprint density at radius 1 is 1.09 bits per heavy atom. The van der Waals surface area contributed by atoms with Crippen molar-refractivity contribution in [3.63, 3.8) is 0 Å². The van der Waals surface area contributed by atoms with Gasteiger partial charge in [0.1, 0.15) is 6.61 Å². The predicted octanol–water partition coefficient (Wildman–Crippen LogP) is 3.87. The molecular formula is C26H30N2O5. The maximum Gasteiger partial charge on any atom is 0.407 e. The molecule has 0 saturated carbocycles. The van der Waals surface area contributed by atoms with Gasteiger partial charge < -0.3 is 20.1 Å². The van der Waals surface area contributed by atoms with Gasteiger partial charge in [-0.25, -0.2) is 4.79 Å². The van der Waals surface area contributed by atoms with Gasteiger partial charge in [0.25, 0.3) is 0 Å². The fourth-order valence-corrected chi connectivity index (χ4v) is 5.18. The van der Waals surface area contributed by atoms with E-state index >= 15 is 0 Å². The molecule has 1 aliphatic carbocycles. The van der Waals surface area contributed by atoms with Crippen LogP contribution >= 0.6 is 0 Å². The van der Waals surface area contributed by atoms with Crippen molar-refractivity contribution >= 4 is 18.0 Å². The number of alkyl carbamates (subject to hydrolysis) is 1. The van der Waals surface area contributed by atoms with Gasteiger partial charge >= 0.3 is 12.1 Å². The number of carbonyl (C=O) groups is 3. The number of benzene rings is 2. The van der Waals surface area contributed by atoms with Crippen molar-refractivity contribution < 1.29 is 24.2 Å². The zero-order valence-electron chi connectivity index (χ0n) is 19.0. The summed E-state index contributed by atoms with van der Waals surface area (Å²) in [5.41, 5.74) is 4.61. The van der Waals surface area contributed by atoms with Crippen LogP contribution in [0.25, 0.3) is 11.1 Å². The molecule has 2 aromatic carbocycles. The fraction of sp³-hybridized carbons (Fsp3) is 0.423. The third kappa shape index (κ3) is 4.45. The minimum Gasteiger partial charge on any atom is -0.481 e. The van der Waals surface area contributed by atoms with Crippen LogP contribution in [0.1, 0.15) is 43.7 Å². The Balaban J connectivity index is 1.31. The smallest absolute Gasteiger partial charge is 0.407 e. The highest BCUT2D eigenvalue weighted by atomic mass is 16.5. The number of fused-ring (bicyclic) bond motifs is 3. The average molecular weight is 451 g/mol. The van der Waals surface area contributed by atoms with Gasteiger partial charge in [0, 0.05) is 25.0 Å². The van der Waals surface area contributed by atoms with Gasteiger partial charge in [-0.15, -0.1) is 0 Å². The van der Waals surface area contributed by atoms with E-state index in [0.29, 0.717) is 19.4 Å². The summed E-state index contributed by atoms with van der Waals surface area (Å²) in [6.45, 7) is 4.43. The topological polar surface area (TPSA) is 95.9 Å². The number of aliphatic carboxylic acids is 1. The molecule has 0 bridgehead atoms. The third-order valence-corrected chi connectivity index (χ3v) is 6.88. The number of hydrogen-bond acceptors (Lipinski definition) is 4. The van der Waals surface area contributed by atoms with E-state index in [9.17, 15) is 19.5 Å². The van der Waals surface area contributed by atoms with E-state index < -0.39 is 23.9 Å². The summed E-state index contributed by atoms with van der Waals surface area (Å²) in [5.74, 6) is -2.01. The fourth-order valence-electron chi connectivity index (χ4n) is 5.18. The third-order valence-electron chi connectivity index (χ3n) is 6.88. The summed E-state index contributed by atoms with van der Waals surface area (Å²) in [6.07, 6.45) is 0.495. The first-order valence-corrected chi connectivity index (χ1v) is 11.5. The molecule has 1 saturated heterocycles. The highest BCUT2D eigenvalue weighted by molar-refractivity contribution is 5.82. The number of hydrogen-bond donors (Lipinski definition) is 2. The minimum atomic E-state index is -0.860. The number of ether oxygens (including phenoxy) is 1. The van der Waals surface area contributed by atoms with Crippen molar-refractivity contribution in [1.29, 1.82) is 0 Å². The first-order valence-electron chi connectivity index (χ1n) is 11.5. The van der Waals surface area contributed by atoms with Gasteiger partial charge in [0.15, 0.2) is 0 Å². The van der Waals surface area contributed by atoms with Crippen molar-refractivity contribution in [2.75, 3.05) is 19.7 Å². The number of carboxylic acid groups (broad SMARTS) is 1. The van der Waals surface area contributed by atoms with Crippen molar-refractivity contribution in [2.45, 2.75) is 38.6 Å². The van der Waals surface area contributed by atoms with Crippen molar-refractivity contribution in [1.82, 2.24) is 10.2 Å². The van der Waals surface area contributed by atoms with Gasteiger partial charge in [-0.1, -0.05) is 62.4 Å². The number of amides is 2. The van der Waals surface area contributed by atoms with Crippen molar-refractivity contribution in [3.8, 4) is 11.1 Å². The number of likely N-dealkylation sites (tertiary alicyclic amines) is 1. The SMILES string of the molecule is CCC1C(C(=O)O)CCN1C(=O)C(C)CNC(=O)OCC1c2ccccc2-c2ccccc21. The predicted molar refractivity (Wildman–Crippen MR) is 124 cm³/mol. The Labute approximate surface area is 193 Å². The summed E-state index contributed by atoms with van der Waals surface area (Å²) in [6, 6.07) is 16.0. The molecule has 2 aromatic rings. The van der Waals surface area contributed by atoms with Crippen molar-refractivity contribution in [2.24, 2.45) is 11.8 Å². The van der Waals surface area contributed by atoms with E-state index in [-0.39, 0.29) is 31.0 Å². The van der Waals surface area contributed by atoms with Crippen LogP contribution in [0.15, 0.2) is 48.5 Å². The molecule has 2 amide bonds. The van der Waals surface area contributed by atoms with E-state index in [1.165, 1.54) is 0 Å². The van der Waals surface area contributed by atoms with Crippen molar-refractivity contribution in [3.05, 3.63) is 59.7 Å². The monoisotopic (exact) mass is 450 g/mol. The van der Waals surface area contributed by atoms with Crippen LogP contribution in [0.4, 0.5) is 4.79 Å². The highest BCUT2D eigenvalue weighted by Crippen LogP contribution is 2.44. The van der Waals surface area contributed by atoms with E-state index in [1.807, 2.05) is 31.2 Å². The van der Waals surface area contributed by atoms with Crippen LogP contribution in [-0.4, -0.2) is 53.7 Å². The first-order chi connectivity index (χ1) is 15.9. The largest absolute Gasteiger partial charge is 0.481 e. The average Bonchev–Trinajstić information content (AvgIpc) is 3.40. The van der Waals surface area contributed by atoms with Crippen LogP contribution in [0.2, 0.25) is 0 Å². The summed E-state index contributed by atoms with van der Waals surface area (Å²) in [7, 11) is 0. The number of nitrogens with zero attached hydrogens (tertiary/aromatic N) is 1. The van der Waals surface area contributed by atoms with E-state index in [4.69, 9.17) is 4.74 Å². The van der Waals surface area contributed by atoms with Crippen LogP contribution < -0.4 is 5.32 Å². The van der Waals surface area contributed by atoms with E-state index in [2.05, 4.69) is 29.6 Å². The Hall–Kier alpha value is -3.35. The zero-order valence-corrected chi connectivity index (χ0v) is 19.0. The molecule has 0 aromatic heterocycles. The molecule has 1 fully saturated rings. The molecule has 174 valence electrons. The molecule has 0 radical (unpaired) electrons. The molecule has 7 nitrogen and oxygen atoms in total. The normalized spacial score (nSPS) is 20.1. The minimum absolute atomic E-state index is 0.0231. The molecule has 0 spiro atoms. The molecule has 2 aliphatic rings. The molecule has 3 atom stereocenters. The van der Waals surface area contributed by atoms with Crippen LogP contribution in [-0.2, 0) is 14.3 Å². The lowest BCUT2D eigenvalue weighted by Crippen LogP contribution is -2.44. The molecule has 1 heterocycles. The lowest BCUT2D eigenvalue weighted by Gasteiger charge is -2.28. The standard InChI is InChI=1S/C26H30N2O5/c1-3-23-21(25(30)31)12-13-28(23)24(29)16(2)14-27-26(32)33-15-22-19-10-6-4-8-17(19)18-9-5-7-11-20(18)22/h4-11,16,21-23H,3,12-15H2,1-2H3,(H,27,32)(H,30,31). The molecular weight excluding hydrogens is 420 g/mol. The molecule has 3 unspecified atom stereocenters. The molecule has 7 heteroatoms. The highest BCUT2D eigenvalue weighted by Gasteiger charge is 2.41. The van der Waals surface area contributed by atoms with E-state index in [1.54, 1.807) is 11.8 Å². The Bertz CT molecular complexity index is 1010. The van der Waals surface area contributed by atoms with Gasteiger partial charge in [-0.05, 0) is 35.1 Å². The number of carbonyl (C=O) groups excluding carboxylic acids is 2. The van der Waals surface area contributed by atoms with E-state index in [0.717, 1.165) is 22.3 Å². The summed E-state index contributed by atoms with van der Waals surface area (Å²) in [5, 5.41) is 12.1. The molecule has 2 N–H and O–H groups in total. The summed E-state index contributed by atoms with van der Waals surface area (Å²) >= 11 is 0. The summed E-state index contributed by atoms with van der Waals surface area (Å²) < 4.78 is 5.53. The second-order valence-electron chi connectivity index (χ2n) is 8.85. The molecule has 33 heavy (non-hydrogen) atoms. The molecule has 4 rings (SSSR count). The lowest BCUT2D eigenvalue weighted by molar-refractivity contribution is -0.144. The Morgan fingerprint density at radius 3 is 2.27 bits per heavy atom. The first kappa shape index (κ1) is 22.8. The maximum atomic E-state index is 12.9. The van der Waals surface area contributed by atoms with Gasteiger partial charge in [-0.2, -0.15) is 0 Å². The maximum absolute atomic E-state index is 12.9. The van der Waals surface area contributed by atoms with Gasteiger partial charge in [0.05, 0.1) is 11.8 Å². The Kier molecular flexibility index (Phi) is 6.67. The zero-order chi connectivity index (χ0) is 23.5. The van der Waals surface area contributed by atoms with Gasteiger partial charge in [0.2, 0.25) is 5.91 Å². The number of carboxylic acids is 1. The molecule has 1 aliphatic heterocycles. The van der Waals surface area contributed by atoms with Crippen LogP contribution in [0.3, 0.4) is 0 Å². The number of rotatable bonds is 7. The number of nitrogens with one attached hydrogen (secondary N) is 1.